The molecular weight excluding hydrogens is 376 g/mol. The fourth-order valence-electron chi connectivity index (χ4n) is 2.55. The van der Waals surface area contributed by atoms with Gasteiger partial charge in [0.05, 0.1) is 4.91 Å². The van der Waals surface area contributed by atoms with Gasteiger partial charge in [-0.3, -0.25) is 15.0 Å². The summed E-state index contributed by atoms with van der Waals surface area (Å²) in [6.07, 6.45) is 1.79. The lowest BCUT2D eigenvalue weighted by Crippen LogP contribution is -2.44. The minimum Gasteiger partial charge on any atom is -0.267 e. The Labute approximate surface area is 168 Å². The number of hydrazine groups is 1. The Balaban J connectivity index is 1.75. The van der Waals surface area contributed by atoms with Crippen LogP contribution in [0.25, 0.3) is 6.08 Å². The highest BCUT2D eigenvalue weighted by Crippen LogP contribution is 2.32. The van der Waals surface area contributed by atoms with Crippen LogP contribution in [0.4, 0.5) is 0 Å². The van der Waals surface area contributed by atoms with Crippen molar-refractivity contribution in [1.29, 1.82) is 0 Å². The van der Waals surface area contributed by atoms with E-state index in [1.165, 1.54) is 17.3 Å². The maximum atomic E-state index is 12.6. The average Bonchev–Trinajstić information content (AvgIpc) is 2.89. The van der Waals surface area contributed by atoms with Crippen molar-refractivity contribution in [2.45, 2.75) is 26.2 Å². The fraction of sp³-hybridized carbons (Fsp3) is 0.190. The van der Waals surface area contributed by atoms with Crippen LogP contribution in [0.1, 0.15) is 42.3 Å². The lowest BCUT2D eigenvalue weighted by molar-refractivity contribution is -0.123. The van der Waals surface area contributed by atoms with Gasteiger partial charge in [0.25, 0.3) is 11.8 Å². The monoisotopic (exact) mass is 396 g/mol. The first-order valence-electron chi connectivity index (χ1n) is 8.50. The van der Waals surface area contributed by atoms with E-state index in [1.54, 1.807) is 30.3 Å². The third-order valence-electron chi connectivity index (χ3n) is 4.12. The highest BCUT2D eigenvalue weighted by molar-refractivity contribution is 8.26. The summed E-state index contributed by atoms with van der Waals surface area (Å²) in [7, 11) is 0. The first-order chi connectivity index (χ1) is 12.8. The Bertz CT molecular complexity index is 913. The number of thioether (sulfide) groups is 1. The molecule has 0 radical (unpaired) electrons. The minimum absolute atomic E-state index is 0.0731. The third-order valence-corrected chi connectivity index (χ3v) is 5.42. The molecule has 3 rings (SSSR count). The van der Waals surface area contributed by atoms with Gasteiger partial charge < -0.3 is 0 Å². The zero-order chi connectivity index (χ0) is 19.6. The zero-order valence-electron chi connectivity index (χ0n) is 15.4. The number of hydrogen-bond acceptors (Lipinski definition) is 4. The number of carbonyl (C=O) groups excluding carboxylic acids is 2. The predicted molar refractivity (Wildman–Crippen MR) is 114 cm³/mol. The first kappa shape index (κ1) is 19.3. The van der Waals surface area contributed by atoms with Crippen LogP contribution in [0.3, 0.4) is 0 Å². The second kappa shape index (κ2) is 7.66. The van der Waals surface area contributed by atoms with Gasteiger partial charge in [0.1, 0.15) is 0 Å². The number of thiocarbonyl (C=S) groups is 1. The van der Waals surface area contributed by atoms with Crippen molar-refractivity contribution < 1.29 is 9.59 Å². The molecule has 27 heavy (non-hydrogen) atoms. The summed E-state index contributed by atoms with van der Waals surface area (Å²) in [6.45, 7) is 6.47. The van der Waals surface area contributed by atoms with Crippen LogP contribution in [0, 0.1) is 0 Å². The highest BCUT2D eigenvalue weighted by Gasteiger charge is 2.33. The van der Waals surface area contributed by atoms with E-state index < -0.39 is 0 Å². The first-order valence-corrected chi connectivity index (χ1v) is 9.73. The number of nitrogens with one attached hydrogen (secondary N) is 1. The third kappa shape index (κ3) is 4.46. The molecule has 0 spiro atoms. The molecule has 1 heterocycles. The van der Waals surface area contributed by atoms with Gasteiger partial charge in [0, 0.05) is 5.56 Å². The van der Waals surface area contributed by atoms with Crippen molar-refractivity contribution >= 4 is 46.2 Å². The molecule has 0 unspecified atom stereocenters. The molecule has 4 nitrogen and oxygen atoms in total. The molecule has 1 fully saturated rings. The van der Waals surface area contributed by atoms with Crippen molar-refractivity contribution in [2.75, 3.05) is 0 Å². The lowest BCUT2D eigenvalue weighted by atomic mass is 9.87. The molecule has 2 aromatic rings. The van der Waals surface area contributed by atoms with Crippen LogP contribution in [-0.4, -0.2) is 21.1 Å². The molecule has 1 aliphatic rings. The Kier molecular flexibility index (Phi) is 5.48. The summed E-state index contributed by atoms with van der Waals surface area (Å²) in [4.78, 5) is 25.4. The topological polar surface area (TPSA) is 49.4 Å². The van der Waals surface area contributed by atoms with Crippen molar-refractivity contribution in [1.82, 2.24) is 10.4 Å². The quantitative estimate of drug-likeness (QED) is 0.612. The molecule has 1 saturated heterocycles. The largest absolute Gasteiger partial charge is 0.285 e. The highest BCUT2D eigenvalue weighted by atomic mass is 32.2. The van der Waals surface area contributed by atoms with Crippen LogP contribution in [0.15, 0.2) is 59.5 Å². The number of rotatable bonds is 3. The van der Waals surface area contributed by atoms with E-state index in [0.29, 0.717) is 14.8 Å². The molecule has 1 aliphatic heterocycles. The van der Waals surface area contributed by atoms with Gasteiger partial charge in [0.2, 0.25) is 0 Å². The molecule has 1 N–H and O–H groups in total. The Morgan fingerprint density at radius 1 is 1.07 bits per heavy atom. The van der Waals surface area contributed by atoms with Gasteiger partial charge in [0.15, 0.2) is 4.32 Å². The summed E-state index contributed by atoms with van der Waals surface area (Å²) in [5.74, 6) is -0.697. The number of carbonyl (C=O) groups is 2. The SMILES string of the molecule is CC(C)(C)c1ccc(/C=C2/SC(=S)N(NC(=O)c3ccccc3)C2=O)cc1. The molecule has 2 amide bonds. The normalized spacial score (nSPS) is 16.1. The molecule has 2 aromatic carbocycles. The Morgan fingerprint density at radius 2 is 1.70 bits per heavy atom. The predicted octanol–water partition coefficient (Wildman–Crippen LogP) is 4.53. The standard InChI is InChI=1S/C21H20N2O2S2/c1-21(2,3)16-11-9-14(10-12-16)13-17-19(25)23(20(26)27-17)22-18(24)15-7-5-4-6-8-15/h4-13H,1-3H3,(H,22,24)/b17-13+. The van der Waals surface area contributed by atoms with Crippen molar-refractivity contribution in [3.8, 4) is 0 Å². The van der Waals surface area contributed by atoms with Crippen molar-refractivity contribution in [3.05, 3.63) is 76.2 Å². The van der Waals surface area contributed by atoms with E-state index in [1.807, 2.05) is 18.2 Å². The Morgan fingerprint density at radius 3 is 2.30 bits per heavy atom. The maximum Gasteiger partial charge on any atom is 0.285 e. The molecule has 0 aromatic heterocycles. The van der Waals surface area contributed by atoms with Gasteiger partial charge in [-0.15, -0.1) is 0 Å². The molecule has 0 atom stereocenters. The summed E-state index contributed by atoms with van der Waals surface area (Å²) >= 11 is 6.44. The van der Waals surface area contributed by atoms with Gasteiger partial charge in [-0.2, -0.15) is 5.01 Å². The minimum atomic E-state index is -0.373. The molecule has 0 saturated carbocycles. The summed E-state index contributed by atoms with van der Waals surface area (Å²) < 4.78 is 0.307. The summed E-state index contributed by atoms with van der Waals surface area (Å²) in [5, 5.41) is 1.13. The lowest BCUT2D eigenvalue weighted by Gasteiger charge is -2.18. The van der Waals surface area contributed by atoms with Gasteiger partial charge in [-0.1, -0.05) is 75.0 Å². The van der Waals surface area contributed by atoms with E-state index in [9.17, 15) is 9.59 Å². The van der Waals surface area contributed by atoms with Crippen LogP contribution < -0.4 is 5.43 Å². The van der Waals surface area contributed by atoms with E-state index in [4.69, 9.17) is 12.2 Å². The second-order valence-electron chi connectivity index (χ2n) is 7.20. The summed E-state index contributed by atoms with van der Waals surface area (Å²) in [6, 6.07) is 16.8. The molecule has 0 bridgehead atoms. The Hall–Kier alpha value is -2.44. The van der Waals surface area contributed by atoms with Gasteiger partial charge in [-0.25, -0.2) is 0 Å². The maximum absolute atomic E-state index is 12.6. The van der Waals surface area contributed by atoms with Crippen molar-refractivity contribution in [3.63, 3.8) is 0 Å². The smallest absolute Gasteiger partial charge is 0.267 e. The van der Waals surface area contributed by atoms with Crippen LogP contribution in [0.2, 0.25) is 0 Å². The van der Waals surface area contributed by atoms with Crippen molar-refractivity contribution in [2.24, 2.45) is 0 Å². The molecule has 6 heteroatoms. The van der Waals surface area contributed by atoms with E-state index >= 15 is 0 Å². The average molecular weight is 397 g/mol. The molecular formula is C21H20N2O2S2. The summed E-state index contributed by atoms with van der Waals surface area (Å²) in [5.41, 5.74) is 5.26. The van der Waals surface area contributed by atoms with Crippen LogP contribution >= 0.6 is 24.0 Å². The van der Waals surface area contributed by atoms with Gasteiger partial charge >= 0.3 is 0 Å². The zero-order valence-corrected chi connectivity index (χ0v) is 17.0. The number of hydrogen-bond donors (Lipinski definition) is 1. The van der Waals surface area contributed by atoms with Crippen LogP contribution in [0.5, 0.6) is 0 Å². The fourth-order valence-corrected chi connectivity index (χ4v) is 3.73. The number of nitrogens with zero attached hydrogens (tertiary/aromatic N) is 1. The van der Waals surface area contributed by atoms with E-state index in [2.05, 4.69) is 38.3 Å². The second-order valence-corrected chi connectivity index (χ2v) is 8.87. The van der Waals surface area contributed by atoms with E-state index in [0.717, 1.165) is 10.6 Å². The van der Waals surface area contributed by atoms with Crippen LogP contribution in [-0.2, 0) is 10.2 Å². The molecule has 138 valence electrons. The van der Waals surface area contributed by atoms with Gasteiger partial charge in [-0.05, 0) is 47.0 Å². The molecule has 0 aliphatic carbocycles. The van der Waals surface area contributed by atoms with E-state index in [-0.39, 0.29) is 17.2 Å². The number of amides is 2. The number of benzene rings is 2.